The Morgan fingerprint density at radius 2 is 1.53 bits per heavy atom. The van der Waals surface area contributed by atoms with Gasteiger partial charge in [0.25, 0.3) is 0 Å². The van der Waals surface area contributed by atoms with E-state index in [1.165, 1.54) is 11.1 Å². The van der Waals surface area contributed by atoms with E-state index < -0.39 is 0 Å². The minimum Gasteiger partial charge on any atom is -0.486 e. The molecule has 0 saturated carbocycles. The summed E-state index contributed by atoms with van der Waals surface area (Å²) in [7, 11) is 0. The third kappa shape index (κ3) is 8.29. The second-order valence-corrected chi connectivity index (χ2v) is 12.6. The van der Waals surface area contributed by atoms with Crippen molar-refractivity contribution in [1.82, 2.24) is 15.0 Å². The molecule has 4 aromatic heterocycles. The maximum Gasteiger partial charge on any atom is 3.00 e. The fraction of sp³-hybridized carbons (Fsp3) is 0.214. The van der Waals surface area contributed by atoms with Crippen LogP contribution in [0.5, 0.6) is 0 Å². The van der Waals surface area contributed by atoms with Crippen LogP contribution in [0.2, 0.25) is 0 Å². The summed E-state index contributed by atoms with van der Waals surface area (Å²) in [5.74, 6) is 1.29. The summed E-state index contributed by atoms with van der Waals surface area (Å²) in [4.78, 5) is 13.5. The zero-order valence-corrected chi connectivity index (χ0v) is 29.9. The SMILES string of the molecule is CC(C)Cc1ccc(-c2[c-]cccc2)[c-]n1.Cc1ccc2c(n1)oc1c(-c3cc(-c4ccc(CC(C)C)cc4)ccn3)[c-]ccc12.[Ir+3]. The summed E-state index contributed by atoms with van der Waals surface area (Å²) in [6, 6.07) is 39.5. The van der Waals surface area contributed by atoms with Gasteiger partial charge in [0, 0.05) is 17.3 Å². The van der Waals surface area contributed by atoms with E-state index in [2.05, 4.69) is 110 Å². The number of pyridine rings is 3. The third-order valence-electron chi connectivity index (χ3n) is 7.76. The van der Waals surface area contributed by atoms with Crippen molar-refractivity contribution in [1.29, 1.82) is 0 Å². The van der Waals surface area contributed by atoms with E-state index in [-0.39, 0.29) is 20.1 Å². The normalized spacial score (nSPS) is 11.0. The zero-order chi connectivity index (χ0) is 32.0. The van der Waals surface area contributed by atoms with E-state index in [1.54, 1.807) is 0 Å². The van der Waals surface area contributed by atoms with Gasteiger partial charge in [0.1, 0.15) is 0 Å². The Hall–Kier alpha value is -4.44. The fourth-order valence-corrected chi connectivity index (χ4v) is 5.59. The number of fused-ring (bicyclic) bond motifs is 3. The Morgan fingerprint density at radius 3 is 2.23 bits per heavy atom. The molecule has 0 spiro atoms. The predicted molar refractivity (Wildman–Crippen MR) is 188 cm³/mol. The molecule has 0 atom stereocenters. The molecule has 0 fully saturated rings. The summed E-state index contributed by atoms with van der Waals surface area (Å²) in [5, 5.41) is 2.05. The first-order valence-electron chi connectivity index (χ1n) is 15.9. The summed E-state index contributed by atoms with van der Waals surface area (Å²) < 4.78 is 6.13. The van der Waals surface area contributed by atoms with Gasteiger partial charge >= 0.3 is 20.1 Å². The Labute approximate surface area is 291 Å². The molecule has 3 aromatic carbocycles. The van der Waals surface area contributed by atoms with Crippen LogP contribution in [0.25, 0.3) is 55.6 Å². The van der Waals surface area contributed by atoms with Crippen molar-refractivity contribution < 1.29 is 24.5 Å². The van der Waals surface area contributed by atoms with Crippen molar-refractivity contribution in [3.63, 3.8) is 0 Å². The van der Waals surface area contributed by atoms with Gasteiger partial charge in [-0.25, -0.2) is 16.1 Å². The van der Waals surface area contributed by atoms with E-state index in [0.29, 0.717) is 17.5 Å². The van der Waals surface area contributed by atoms with Crippen LogP contribution in [0, 0.1) is 37.1 Å². The van der Waals surface area contributed by atoms with Crippen molar-refractivity contribution >= 4 is 22.1 Å². The Kier molecular flexibility index (Phi) is 11.1. The van der Waals surface area contributed by atoms with Gasteiger partial charge < -0.3 is 14.4 Å². The van der Waals surface area contributed by atoms with E-state index in [0.717, 1.165) is 68.5 Å². The van der Waals surface area contributed by atoms with Gasteiger partial charge in [0.05, 0.1) is 5.58 Å². The van der Waals surface area contributed by atoms with Gasteiger partial charge in [0.15, 0.2) is 0 Å². The predicted octanol–water partition coefficient (Wildman–Crippen LogP) is 10.6. The van der Waals surface area contributed by atoms with Gasteiger partial charge in [-0.1, -0.05) is 75.2 Å². The van der Waals surface area contributed by atoms with Crippen molar-refractivity contribution in [2.24, 2.45) is 11.8 Å². The standard InChI is InChI=1S/C27H23N2O.C15H15N.Ir/c1-17(2)15-19-8-10-20(11-9-19)21-13-14-28-25(16-21)24-6-4-5-22-23-12-7-18(3)29-27(23)30-26(22)24;1-12(2)10-15-9-8-14(11-16-15)13-6-4-3-5-7-13;/h4-5,7-14,16-17H,15H2,1-3H3;3-6,8-9,12H,10H2,1-2H3;/q-1;-2;+3. The molecule has 5 heteroatoms. The largest absolute Gasteiger partial charge is 3.00 e. The first-order chi connectivity index (χ1) is 22.3. The van der Waals surface area contributed by atoms with Crippen LogP contribution in [-0.2, 0) is 32.9 Å². The van der Waals surface area contributed by atoms with Gasteiger partial charge in [-0.15, -0.1) is 30.3 Å². The molecule has 0 aliphatic rings. The molecule has 47 heavy (non-hydrogen) atoms. The average molecular weight is 793 g/mol. The first kappa shape index (κ1) is 33.9. The maximum atomic E-state index is 6.13. The molecule has 0 amide bonds. The molecule has 4 heterocycles. The molecule has 0 aliphatic heterocycles. The molecule has 0 aliphatic carbocycles. The van der Waals surface area contributed by atoms with Crippen LogP contribution in [0.4, 0.5) is 0 Å². The van der Waals surface area contributed by atoms with E-state index >= 15 is 0 Å². The number of hydrogen-bond donors (Lipinski definition) is 0. The zero-order valence-electron chi connectivity index (χ0n) is 27.5. The molecule has 0 radical (unpaired) electrons. The quantitative estimate of drug-likeness (QED) is 0.151. The molecule has 0 unspecified atom stereocenters. The maximum absolute atomic E-state index is 6.13. The summed E-state index contributed by atoms with van der Waals surface area (Å²) in [6.45, 7) is 10.8. The van der Waals surface area contributed by atoms with Crippen molar-refractivity contribution in [2.75, 3.05) is 0 Å². The molecule has 7 rings (SSSR count). The van der Waals surface area contributed by atoms with Crippen LogP contribution in [0.1, 0.15) is 44.6 Å². The van der Waals surface area contributed by atoms with E-state index in [1.807, 2.05) is 61.7 Å². The van der Waals surface area contributed by atoms with Crippen molar-refractivity contribution in [2.45, 2.75) is 47.5 Å². The number of aryl methyl sites for hydroxylation is 1. The van der Waals surface area contributed by atoms with Crippen LogP contribution < -0.4 is 0 Å². The molecular formula is C42H38IrN3O. The Balaban J connectivity index is 0.000000217. The monoisotopic (exact) mass is 793 g/mol. The molecule has 4 nitrogen and oxygen atoms in total. The molecule has 0 N–H and O–H groups in total. The van der Waals surface area contributed by atoms with E-state index in [4.69, 9.17) is 4.42 Å². The topological polar surface area (TPSA) is 51.8 Å². The molecule has 7 aromatic rings. The molecule has 236 valence electrons. The summed E-state index contributed by atoms with van der Waals surface area (Å²) in [5.41, 5.74) is 10.9. The van der Waals surface area contributed by atoms with Gasteiger partial charge in [-0.2, -0.15) is 30.3 Å². The van der Waals surface area contributed by atoms with Gasteiger partial charge in [0.2, 0.25) is 5.71 Å². The molecule has 0 bridgehead atoms. The average Bonchev–Trinajstić information content (AvgIpc) is 3.43. The number of benzene rings is 3. The minimum absolute atomic E-state index is 0. The summed E-state index contributed by atoms with van der Waals surface area (Å²) >= 11 is 0. The molecular weight excluding hydrogens is 755 g/mol. The Bertz CT molecular complexity index is 2050. The van der Waals surface area contributed by atoms with Gasteiger partial charge in [-0.05, 0) is 77.9 Å². The minimum atomic E-state index is 0. The van der Waals surface area contributed by atoms with Crippen LogP contribution in [-0.4, -0.2) is 15.0 Å². The van der Waals surface area contributed by atoms with Gasteiger partial charge in [-0.3, -0.25) is 0 Å². The van der Waals surface area contributed by atoms with Crippen molar-refractivity contribution in [3.05, 3.63) is 139 Å². The van der Waals surface area contributed by atoms with Crippen LogP contribution >= 0.6 is 0 Å². The second kappa shape index (κ2) is 15.4. The van der Waals surface area contributed by atoms with E-state index in [9.17, 15) is 0 Å². The number of nitrogens with zero attached hydrogens (tertiary/aromatic N) is 3. The smallest absolute Gasteiger partial charge is 0.486 e. The third-order valence-corrected chi connectivity index (χ3v) is 7.76. The number of furan rings is 1. The second-order valence-electron chi connectivity index (χ2n) is 12.6. The fourth-order valence-electron chi connectivity index (χ4n) is 5.59. The first-order valence-corrected chi connectivity index (χ1v) is 15.9. The van der Waals surface area contributed by atoms with Crippen LogP contribution in [0.15, 0.2) is 108 Å². The van der Waals surface area contributed by atoms with Crippen molar-refractivity contribution in [3.8, 4) is 33.5 Å². The Morgan fingerprint density at radius 1 is 0.723 bits per heavy atom. The van der Waals surface area contributed by atoms with Crippen LogP contribution in [0.3, 0.4) is 0 Å². The number of hydrogen-bond acceptors (Lipinski definition) is 4. The molecule has 0 saturated heterocycles. The summed E-state index contributed by atoms with van der Waals surface area (Å²) in [6.07, 6.45) is 7.03. The number of rotatable bonds is 7. The number of aromatic nitrogens is 3.